The van der Waals surface area contributed by atoms with Crippen LogP contribution in [0.1, 0.15) is 33.6 Å². The smallest absolute Gasteiger partial charge is 0.308 e. The fourth-order valence-corrected chi connectivity index (χ4v) is 2.31. The molecule has 3 heteroatoms. The molecular formula is C14H22AlO2. The molecule has 0 amide bonds. The largest absolute Gasteiger partial charge is 0.427 e. The van der Waals surface area contributed by atoms with Crippen molar-refractivity contribution in [1.29, 1.82) is 0 Å². The molecule has 0 aliphatic carbocycles. The number of benzene rings is 1. The number of hydrogen-bond donors (Lipinski definition) is 0. The summed E-state index contributed by atoms with van der Waals surface area (Å²) in [7, 11) is 0. The Labute approximate surface area is 111 Å². The second kappa shape index (κ2) is 11.7. The number of ether oxygens (including phenoxy) is 1. The summed E-state index contributed by atoms with van der Waals surface area (Å²) >= 11 is 0.822. The zero-order valence-corrected chi connectivity index (χ0v) is 12.3. The quantitative estimate of drug-likeness (QED) is 0.342. The Morgan fingerprint density at radius 1 is 1.12 bits per heavy atom. The summed E-state index contributed by atoms with van der Waals surface area (Å²) in [6.45, 7) is 5.91. The Balaban J connectivity index is 0.000000325. The summed E-state index contributed by atoms with van der Waals surface area (Å²) in [6, 6.07) is 8.98. The monoisotopic (exact) mass is 249 g/mol. The number of carbonyl (C=O) groups excluding carboxylic acids is 1. The molecule has 1 aromatic carbocycles. The van der Waals surface area contributed by atoms with Gasteiger partial charge in [0.25, 0.3) is 0 Å². The van der Waals surface area contributed by atoms with Gasteiger partial charge in [0.05, 0.1) is 0 Å². The molecule has 93 valence electrons. The Morgan fingerprint density at radius 2 is 1.65 bits per heavy atom. The third kappa shape index (κ3) is 11.5. The van der Waals surface area contributed by atoms with Crippen LogP contribution in [-0.4, -0.2) is 21.2 Å². The fraction of sp³-hybridized carbons (Fsp3) is 0.500. The van der Waals surface area contributed by atoms with E-state index in [0.717, 1.165) is 15.2 Å². The lowest BCUT2D eigenvalue weighted by Gasteiger charge is -1.97. The van der Waals surface area contributed by atoms with Crippen molar-refractivity contribution >= 4 is 21.2 Å². The van der Waals surface area contributed by atoms with Gasteiger partial charge in [0.15, 0.2) is 15.2 Å². The Hall–Kier alpha value is -0.778. The van der Waals surface area contributed by atoms with Gasteiger partial charge in [-0.1, -0.05) is 44.9 Å². The van der Waals surface area contributed by atoms with E-state index in [1.165, 1.54) is 30.3 Å². The average Bonchev–Trinajstić information content (AvgIpc) is 2.31. The van der Waals surface area contributed by atoms with Crippen LogP contribution in [0, 0.1) is 0 Å². The van der Waals surface area contributed by atoms with Gasteiger partial charge in [-0.3, -0.25) is 4.79 Å². The number of rotatable bonds is 5. The number of carbonyl (C=O) groups is 1. The first-order valence-corrected chi connectivity index (χ1v) is 7.89. The van der Waals surface area contributed by atoms with E-state index >= 15 is 0 Å². The SMILES string of the molecule is CC(=O)Oc1ccccc1.CC[CH2][Al][CH2]CC. The molecule has 0 N–H and O–H groups in total. The summed E-state index contributed by atoms with van der Waals surface area (Å²) in [4.78, 5) is 10.4. The molecule has 0 unspecified atom stereocenters. The molecule has 0 heterocycles. The van der Waals surface area contributed by atoms with Gasteiger partial charge in [0.1, 0.15) is 5.75 Å². The zero-order chi connectivity index (χ0) is 12.9. The van der Waals surface area contributed by atoms with Crippen LogP contribution in [-0.2, 0) is 4.79 Å². The van der Waals surface area contributed by atoms with Gasteiger partial charge in [0.2, 0.25) is 0 Å². The van der Waals surface area contributed by atoms with Gasteiger partial charge >= 0.3 is 5.97 Å². The van der Waals surface area contributed by atoms with E-state index in [2.05, 4.69) is 13.8 Å². The highest BCUT2D eigenvalue weighted by atomic mass is 27.1. The van der Waals surface area contributed by atoms with Crippen LogP contribution >= 0.6 is 0 Å². The van der Waals surface area contributed by atoms with Crippen LogP contribution in [0.2, 0.25) is 10.6 Å². The van der Waals surface area contributed by atoms with Gasteiger partial charge in [0, 0.05) is 6.92 Å². The fourth-order valence-electron chi connectivity index (χ4n) is 1.21. The molecule has 0 aliphatic rings. The lowest BCUT2D eigenvalue weighted by Crippen LogP contribution is -2.00. The topological polar surface area (TPSA) is 26.3 Å². The van der Waals surface area contributed by atoms with E-state index in [-0.39, 0.29) is 5.97 Å². The summed E-state index contributed by atoms with van der Waals surface area (Å²) in [6.07, 6.45) is 2.80. The zero-order valence-electron chi connectivity index (χ0n) is 11.1. The Bertz CT molecular complexity index is 282. The van der Waals surface area contributed by atoms with Crippen molar-refractivity contribution < 1.29 is 9.53 Å². The standard InChI is InChI=1S/C8H8O2.2C3H7.Al/c1-7(9)10-8-5-3-2-4-6-8;2*1-3-2;/h2-6H,1H3;2*1,3H2,2H3;. The molecule has 0 aromatic heterocycles. The molecule has 1 radical (unpaired) electrons. The van der Waals surface area contributed by atoms with Crippen LogP contribution in [0.3, 0.4) is 0 Å². The second-order valence-corrected chi connectivity index (χ2v) is 5.50. The third-order valence-electron chi connectivity index (χ3n) is 1.99. The van der Waals surface area contributed by atoms with Crippen molar-refractivity contribution in [3.8, 4) is 5.75 Å². The highest BCUT2D eigenvalue weighted by Gasteiger charge is 1.92. The molecule has 0 fully saturated rings. The molecular weight excluding hydrogens is 227 g/mol. The number of para-hydroxylation sites is 1. The van der Waals surface area contributed by atoms with Crippen molar-refractivity contribution in [2.45, 2.75) is 44.2 Å². The summed E-state index contributed by atoms with van der Waals surface area (Å²) < 4.78 is 4.78. The predicted octanol–water partition coefficient (Wildman–Crippen LogP) is 3.96. The molecule has 1 rings (SSSR count). The minimum atomic E-state index is -0.286. The first-order chi connectivity index (χ1) is 8.20. The summed E-state index contributed by atoms with van der Waals surface area (Å²) in [5, 5.41) is 3.02. The maximum Gasteiger partial charge on any atom is 0.308 e. The van der Waals surface area contributed by atoms with E-state index < -0.39 is 0 Å². The van der Waals surface area contributed by atoms with Gasteiger partial charge in [-0.05, 0) is 12.1 Å². The highest BCUT2D eigenvalue weighted by molar-refractivity contribution is 6.35. The van der Waals surface area contributed by atoms with Gasteiger partial charge in [-0.15, -0.1) is 10.6 Å². The van der Waals surface area contributed by atoms with Crippen LogP contribution in [0.4, 0.5) is 0 Å². The van der Waals surface area contributed by atoms with Gasteiger partial charge in [-0.2, -0.15) is 0 Å². The second-order valence-electron chi connectivity index (χ2n) is 3.77. The van der Waals surface area contributed by atoms with E-state index in [1.54, 1.807) is 12.1 Å². The minimum Gasteiger partial charge on any atom is -0.427 e. The van der Waals surface area contributed by atoms with Crippen molar-refractivity contribution in [3.63, 3.8) is 0 Å². The van der Waals surface area contributed by atoms with Gasteiger partial charge in [-0.25, -0.2) is 0 Å². The average molecular weight is 249 g/mol. The van der Waals surface area contributed by atoms with E-state index in [1.807, 2.05) is 18.2 Å². The third-order valence-corrected chi connectivity index (χ3v) is 3.96. The molecule has 0 spiro atoms. The molecule has 0 bridgehead atoms. The molecule has 0 saturated carbocycles. The lowest BCUT2D eigenvalue weighted by atomic mass is 10.3. The highest BCUT2D eigenvalue weighted by Crippen LogP contribution is 2.07. The molecule has 2 nitrogen and oxygen atoms in total. The molecule has 0 atom stereocenters. The van der Waals surface area contributed by atoms with Crippen molar-refractivity contribution in [1.82, 2.24) is 0 Å². The van der Waals surface area contributed by atoms with Crippen LogP contribution in [0.25, 0.3) is 0 Å². The van der Waals surface area contributed by atoms with Crippen molar-refractivity contribution in [3.05, 3.63) is 30.3 Å². The van der Waals surface area contributed by atoms with E-state index in [0.29, 0.717) is 5.75 Å². The van der Waals surface area contributed by atoms with Crippen molar-refractivity contribution in [2.75, 3.05) is 0 Å². The number of hydrogen-bond acceptors (Lipinski definition) is 2. The minimum absolute atomic E-state index is 0.286. The van der Waals surface area contributed by atoms with Crippen LogP contribution < -0.4 is 4.74 Å². The molecule has 1 aromatic rings. The number of esters is 1. The maximum absolute atomic E-state index is 10.4. The molecule has 0 saturated heterocycles. The van der Waals surface area contributed by atoms with E-state index in [4.69, 9.17) is 4.74 Å². The molecule has 17 heavy (non-hydrogen) atoms. The summed E-state index contributed by atoms with van der Waals surface area (Å²) in [5.41, 5.74) is 0. The van der Waals surface area contributed by atoms with E-state index in [9.17, 15) is 4.79 Å². The Kier molecular flexibility index (Phi) is 11.2. The van der Waals surface area contributed by atoms with Crippen molar-refractivity contribution in [2.24, 2.45) is 0 Å². The van der Waals surface area contributed by atoms with Crippen LogP contribution in [0.15, 0.2) is 30.3 Å². The first kappa shape index (κ1) is 16.2. The predicted molar refractivity (Wildman–Crippen MR) is 73.7 cm³/mol. The lowest BCUT2D eigenvalue weighted by molar-refractivity contribution is -0.131. The van der Waals surface area contributed by atoms with Gasteiger partial charge < -0.3 is 4.74 Å². The van der Waals surface area contributed by atoms with Crippen LogP contribution in [0.5, 0.6) is 5.75 Å². The normalized spacial score (nSPS) is 8.88. The summed E-state index contributed by atoms with van der Waals surface area (Å²) in [5.74, 6) is 0.307. The molecule has 0 aliphatic heterocycles. The first-order valence-electron chi connectivity index (χ1n) is 6.25. The maximum atomic E-state index is 10.4. The Morgan fingerprint density at radius 3 is 2.06 bits per heavy atom.